The van der Waals surface area contributed by atoms with Crippen molar-refractivity contribution in [3.8, 4) is 17.2 Å². The molecule has 2 rings (SSSR count). The van der Waals surface area contributed by atoms with Gasteiger partial charge >= 0.3 is 29.6 Å². The van der Waals surface area contributed by atoms with E-state index in [4.69, 9.17) is 4.74 Å². The van der Waals surface area contributed by atoms with Gasteiger partial charge < -0.3 is 9.84 Å². The molecule has 1 N–H and O–H groups in total. The second-order valence-corrected chi connectivity index (χ2v) is 8.39. The van der Waals surface area contributed by atoms with E-state index < -0.39 is 20.8 Å². The van der Waals surface area contributed by atoms with Crippen molar-refractivity contribution in [3.63, 3.8) is 0 Å². The minimum atomic E-state index is -4.60. The largest absolute Gasteiger partial charge is 1.00 e. The number of para-hydroxylation sites is 1. The topological polar surface area (TPSA) is 86.7 Å². The van der Waals surface area contributed by atoms with Crippen molar-refractivity contribution in [2.75, 3.05) is 0 Å². The number of unbranched alkanes of at least 4 members (excludes halogenated alkanes) is 7. The molecular formula is C22H29NaO5S. The standard InChI is InChI=1S/C22H30O5S.Na/c1-2-3-4-5-6-7-8-10-13-18-16-17-20(28(24,25)26)21(23)22(18)27-19-14-11-9-12-15-19;/h9,11-12,14-17,23H,2-8,10,13H2,1H3,(H,24,25,26);/q;+1/p-1. The summed E-state index contributed by atoms with van der Waals surface area (Å²) >= 11 is 0. The van der Waals surface area contributed by atoms with Crippen LogP contribution in [0.1, 0.15) is 63.9 Å². The summed E-state index contributed by atoms with van der Waals surface area (Å²) in [4.78, 5) is -0.655. The van der Waals surface area contributed by atoms with Crippen molar-refractivity contribution >= 4 is 10.1 Å². The van der Waals surface area contributed by atoms with E-state index in [-0.39, 0.29) is 35.3 Å². The Kier molecular flexibility index (Phi) is 11.9. The molecule has 0 spiro atoms. The second kappa shape index (κ2) is 13.3. The van der Waals surface area contributed by atoms with Crippen LogP contribution in [0.4, 0.5) is 0 Å². The smallest absolute Gasteiger partial charge is 0.869 e. The van der Waals surface area contributed by atoms with Gasteiger partial charge in [-0.15, -0.1) is 0 Å². The van der Waals surface area contributed by atoms with Gasteiger partial charge in [0.15, 0.2) is 0 Å². The Morgan fingerprint density at radius 2 is 1.48 bits per heavy atom. The number of rotatable bonds is 12. The molecule has 0 saturated carbocycles. The summed E-state index contributed by atoms with van der Waals surface area (Å²) in [7, 11) is -4.60. The van der Waals surface area contributed by atoms with E-state index in [1.54, 1.807) is 30.3 Å². The van der Waals surface area contributed by atoms with Gasteiger partial charge in [0, 0.05) is 0 Å². The summed E-state index contributed by atoms with van der Waals surface area (Å²) in [5.74, 6) is -0.378. The fourth-order valence-electron chi connectivity index (χ4n) is 3.15. The Labute approximate surface area is 196 Å². The van der Waals surface area contributed by atoms with Crippen LogP contribution in [0.2, 0.25) is 0 Å². The summed E-state index contributed by atoms with van der Waals surface area (Å²) in [6, 6.07) is 11.5. The first-order valence-corrected chi connectivity index (χ1v) is 11.4. The molecule has 0 aliphatic heterocycles. The quantitative estimate of drug-likeness (QED) is 0.319. The van der Waals surface area contributed by atoms with Gasteiger partial charge in [-0.2, -0.15) is 8.42 Å². The number of aryl methyl sites for hydroxylation is 1. The van der Waals surface area contributed by atoms with Crippen LogP contribution >= 0.6 is 0 Å². The first-order chi connectivity index (χ1) is 13.4. The molecule has 0 aromatic heterocycles. The van der Waals surface area contributed by atoms with Crippen molar-refractivity contribution in [2.24, 2.45) is 0 Å². The van der Waals surface area contributed by atoms with Crippen LogP contribution < -0.4 is 39.4 Å². The summed E-state index contributed by atoms with van der Waals surface area (Å²) in [5, 5.41) is 12.6. The van der Waals surface area contributed by atoms with Crippen LogP contribution in [0.5, 0.6) is 17.2 Å². The van der Waals surface area contributed by atoms with Crippen molar-refractivity contribution in [2.45, 2.75) is 69.6 Å². The molecule has 2 aromatic rings. The van der Waals surface area contributed by atoms with E-state index in [1.165, 1.54) is 32.1 Å². The van der Waals surface area contributed by atoms with Crippen molar-refractivity contribution < 1.29 is 52.4 Å². The van der Waals surface area contributed by atoms with Crippen molar-refractivity contribution in [1.29, 1.82) is 0 Å². The molecule has 0 radical (unpaired) electrons. The molecule has 0 saturated heterocycles. The van der Waals surface area contributed by atoms with Gasteiger partial charge in [0.1, 0.15) is 11.5 Å². The third kappa shape index (κ3) is 8.69. The van der Waals surface area contributed by atoms with Gasteiger partial charge in [-0.25, -0.2) is 0 Å². The molecule has 154 valence electrons. The van der Waals surface area contributed by atoms with E-state index >= 15 is 0 Å². The zero-order valence-corrected chi connectivity index (χ0v) is 20.2. The maximum Gasteiger partial charge on any atom is 1.00 e. The molecule has 0 fully saturated rings. The Balaban J connectivity index is 0.00000420. The summed E-state index contributed by atoms with van der Waals surface area (Å²) < 4.78 is 38.0. The molecular weight excluding hydrogens is 399 g/mol. The molecule has 0 aliphatic carbocycles. The molecule has 0 heterocycles. The first kappa shape index (κ1) is 26.0. The van der Waals surface area contributed by atoms with Crippen LogP contribution in [0, 0.1) is 0 Å². The summed E-state index contributed by atoms with van der Waals surface area (Å²) in [6.45, 7) is 2.20. The number of ether oxygens (including phenoxy) is 1. The third-order valence-electron chi connectivity index (χ3n) is 4.70. The van der Waals surface area contributed by atoms with E-state index in [0.717, 1.165) is 25.3 Å². The van der Waals surface area contributed by atoms with Gasteiger partial charge in [-0.05, 0) is 42.4 Å². The molecule has 0 aliphatic rings. The van der Waals surface area contributed by atoms with Crippen LogP contribution in [-0.2, 0) is 16.5 Å². The fraction of sp³-hybridized carbons (Fsp3) is 0.455. The Morgan fingerprint density at radius 3 is 2.07 bits per heavy atom. The van der Waals surface area contributed by atoms with Crippen LogP contribution in [-0.4, -0.2) is 13.0 Å². The van der Waals surface area contributed by atoms with Gasteiger partial charge in [-0.3, -0.25) is 4.55 Å². The van der Waals surface area contributed by atoms with Crippen molar-refractivity contribution in [1.82, 2.24) is 0 Å². The Bertz CT molecular complexity index is 838. The zero-order valence-electron chi connectivity index (χ0n) is 17.4. The van der Waals surface area contributed by atoms with E-state index in [0.29, 0.717) is 17.7 Å². The predicted octanol–water partition coefficient (Wildman–Crippen LogP) is 2.49. The first-order valence-electron chi connectivity index (χ1n) is 9.96. The minimum Gasteiger partial charge on any atom is -0.869 e. The van der Waals surface area contributed by atoms with E-state index in [9.17, 15) is 18.1 Å². The Hall–Kier alpha value is -1.05. The molecule has 5 nitrogen and oxygen atoms in total. The summed E-state index contributed by atoms with van der Waals surface area (Å²) in [5.41, 5.74) is 0.659. The molecule has 0 atom stereocenters. The van der Waals surface area contributed by atoms with Crippen LogP contribution in [0.15, 0.2) is 47.4 Å². The number of benzene rings is 2. The molecule has 7 heteroatoms. The maximum atomic E-state index is 12.6. The zero-order chi connectivity index (χ0) is 20.4. The van der Waals surface area contributed by atoms with Gasteiger partial charge in [0.05, 0.1) is 4.90 Å². The summed E-state index contributed by atoms with van der Waals surface area (Å²) in [6.07, 6.45) is 9.97. The molecule has 0 unspecified atom stereocenters. The Morgan fingerprint density at radius 1 is 0.897 bits per heavy atom. The molecule has 2 aromatic carbocycles. The molecule has 0 amide bonds. The average Bonchev–Trinajstić information content (AvgIpc) is 2.66. The van der Waals surface area contributed by atoms with Crippen molar-refractivity contribution in [3.05, 3.63) is 48.0 Å². The van der Waals surface area contributed by atoms with Crippen LogP contribution in [0.25, 0.3) is 0 Å². The minimum absolute atomic E-state index is 0. The SMILES string of the molecule is CCCCCCCCCCc1ccc(S(=O)(=O)O)c([O-])c1Oc1ccccc1.[Na+]. The predicted molar refractivity (Wildman–Crippen MR) is 109 cm³/mol. The third-order valence-corrected chi connectivity index (χ3v) is 5.58. The maximum absolute atomic E-state index is 12.6. The van der Waals surface area contributed by atoms with E-state index in [2.05, 4.69) is 6.92 Å². The average molecular weight is 429 g/mol. The van der Waals surface area contributed by atoms with Crippen LogP contribution in [0.3, 0.4) is 0 Å². The van der Waals surface area contributed by atoms with Gasteiger partial charge in [0.25, 0.3) is 10.1 Å². The molecule has 29 heavy (non-hydrogen) atoms. The number of hydrogen-bond acceptors (Lipinski definition) is 4. The normalized spacial score (nSPS) is 11.1. The van der Waals surface area contributed by atoms with Gasteiger partial charge in [-0.1, -0.05) is 76.1 Å². The fourth-order valence-corrected chi connectivity index (χ4v) is 3.72. The second-order valence-electron chi connectivity index (χ2n) is 7.00. The van der Waals surface area contributed by atoms with Gasteiger partial charge in [0.2, 0.25) is 0 Å². The monoisotopic (exact) mass is 428 g/mol. The molecule has 0 bridgehead atoms. The number of hydrogen-bond donors (Lipinski definition) is 1. The van der Waals surface area contributed by atoms with E-state index in [1.807, 2.05) is 6.07 Å².